The van der Waals surface area contributed by atoms with E-state index in [1.54, 1.807) is 0 Å². The van der Waals surface area contributed by atoms with E-state index in [1.807, 2.05) is 13.2 Å². The van der Waals surface area contributed by atoms with Gasteiger partial charge in [0, 0.05) is 5.92 Å². The van der Waals surface area contributed by atoms with Crippen molar-refractivity contribution in [2.45, 2.75) is 58.0 Å². The fraction of sp³-hybridized carbons (Fsp3) is 0.857. The summed E-state index contributed by atoms with van der Waals surface area (Å²) in [4.78, 5) is 0. The first-order valence-corrected chi connectivity index (χ1v) is 8.93. The number of hydrogen-bond acceptors (Lipinski definition) is 3. The summed E-state index contributed by atoms with van der Waals surface area (Å²) in [6.07, 6.45) is 9.85. The zero-order valence-corrected chi connectivity index (χ0v) is 12.0. The van der Waals surface area contributed by atoms with Crippen LogP contribution in [0.2, 0.25) is 0 Å². The molecule has 0 aromatic rings. The first-order chi connectivity index (χ1) is 8.57. The fourth-order valence-corrected chi connectivity index (χ4v) is 4.73. The van der Waals surface area contributed by atoms with Crippen LogP contribution in [0.25, 0.3) is 0 Å². The maximum Gasteiger partial charge on any atom is 0.150 e. The number of ether oxygens (including phenoxy) is 1. The topological polar surface area (TPSA) is 43.4 Å². The molecule has 0 aromatic carbocycles. The zero-order chi connectivity index (χ0) is 13.0. The van der Waals surface area contributed by atoms with Crippen molar-refractivity contribution < 1.29 is 13.2 Å². The van der Waals surface area contributed by atoms with Gasteiger partial charge >= 0.3 is 0 Å². The molecule has 1 heterocycles. The molecule has 2 unspecified atom stereocenters. The summed E-state index contributed by atoms with van der Waals surface area (Å²) in [6.45, 7) is 2.01. The van der Waals surface area contributed by atoms with Crippen LogP contribution in [0.3, 0.4) is 0 Å². The minimum atomic E-state index is -2.82. The molecule has 3 nitrogen and oxygen atoms in total. The number of hydrogen-bond donors (Lipinski definition) is 0. The van der Waals surface area contributed by atoms with Gasteiger partial charge in [-0.2, -0.15) is 0 Å². The van der Waals surface area contributed by atoms with Crippen molar-refractivity contribution >= 4 is 9.84 Å². The molecule has 1 aliphatic heterocycles. The van der Waals surface area contributed by atoms with Crippen LogP contribution in [0.1, 0.15) is 51.9 Å². The lowest BCUT2D eigenvalue weighted by Crippen LogP contribution is -2.32. The molecule has 1 saturated carbocycles. The molecule has 0 N–H and O–H groups in total. The molecule has 2 aliphatic rings. The Morgan fingerprint density at radius 1 is 1.22 bits per heavy atom. The fourth-order valence-electron chi connectivity index (χ4n) is 2.87. The smallest absolute Gasteiger partial charge is 0.150 e. The number of sulfone groups is 1. The highest BCUT2D eigenvalue weighted by molar-refractivity contribution is 7.91. The van der Waals surface area contributed by atoms with Gasteiger partial charge in [-0.3, -0.25) is 0 Å². The Bertz CT molecular complexity index is 389. The quantitative estimate of drug-likeness (QED) is 0.742. The summed E-state index contributed by atoms with van der Waals surface area (Å²) >= 11 is 0. The third kappa shape index (κ3) is 4.01. The highest BCUT2D eigenvalue weighted by Crippen LogP contribution is 2.26. The minimum absolute atomic E-state index is 0.0227. The Balaban J connectivity index is 1.85. The van der Waals surface area contributed by atoms with E-state index in [0.717, 1.165) is 25.7 Å². The van der Waals surface area contributed by atoms with Crippen LogP contribution in [0.4, 0.5) is 0 Å². The summed E-state index contributed by atoms with van der Waals surface area (Å²) in [5, 5.41) is 0. The van der Waals surface area contributed by atoms with Crippen LogP contribution in [0.5, 0.6) is 0 Å². The van der Waals surface area contributed by atoms with E-state index in [9.17, 15) is 8.42 Å². The van der Waals surface area contributed by atoms with E-state index >= 15 is 0 Å². The molecule has 0 amide bonds. The lowest BCUT2D eigenvalue weighted by Gasteiger charge is -2.27. The average molecular weight is 272 g/mol. The minimum Gasteiger partial charge on any atom is -0.498 e. The molecule has 0 spiro atoms. The molecule has 0 aromatic heterocycles. The standard InChI is InChI=1S/C14H24O3S/c1-12(14-8-5-9-18(15,16)11-14)17-10-13-6-3-2-4-7-13/h10,12,14H,2-9,11H2,1H3. The van der Waals surface area contributed by atoms with Gasteiger partial charge in [0.2, 0.25) is 0 Å². The molecule has 18 heavy (non-hydrogen) atoms. The third-order valence-corrected chi connectivity index (χ3v) is 5.95. The van der Waals surface area contributed by atoms with Crippen molar-refractivity contribution in [2.75, 3.05) is 11.5 Å². The first-order valence-electron chi connectivity index (χ1n) is 7.11. The molecule has 104 valence electrons. The Morgan fingerprint density at radius 3 is 2.61 bits per heavy atom. The molecule has 0 radical (unpaired) electrons. The van der Waals surface area contributed by atoms with E-state index < -0.39 is 9.84 Å². The van der Waals surface area contributed by atoms with E-state index in [2.05, 4.69) is 0 Å². The van der Waals surface area contributed by atoms with Gasteiger partial charge in [0.05, 0.1) is 23.9 Å². The second-order valence-electron chi connectivity index (χ2n) is 5.69. The van der Waals surface area contributed by atoms with Crippen molar-refractivity contribution in [2.24, 2.45) is 5.92 Å². The second-order valence-corrected chi connectivity index (χ2v) is 7.92. The first kappa shape index (κ1) is 13.9. The van der Waals surface area contributed by atoms with Gasteiger partial charge in [-0.25, -0.2) is 8.42 Å². The van der Waals surface area contributed by atoms with Crippen LogP contribution >= 0.6 is 0 Å². The maximum atomic E-state index is 11.6. The average Bonchev–Trinajstić information content (AvgIpc) is 2.36. The van der Waals surface area contributed by atoms with Gasteiger partial charge in [-0.1, -0.05) is 6.42 Å². The molecule has 2 rings (SSSR count). The monoisotopic (exact) mass is 272 g/mol. The Morgan fingerprint density at radius 2 is 1.94 bits per heavy atom. The summed E-state index contributed by atoms with van der Waals surface area (Å²) in [7, 11) is -2.82. The van der Waals surface area contributed by atoms with E-state index in [1.165, 1.54) is 24.8 Å². The normalized spacial score (nSPS) is 29.6. The summed E-state index contributed by atoms with van der Waals surface area (Å²) < 4.78 is 29.0. The van der Waals surface area contributed by atoms with Gasteiger partial charge in [0.15, 0.2) is 9.84 Å². The molecule has 1 saturated heterocycles. The Hall–Kier alpha value is -0.510. The van der Waals surface area contributed by atoms with Crippen molar-refractivity contribution in [3.05, 3.63) is 11.8 Å². The predicted octanol–water partition coefficient (Wildman–Crippen LogP) is 3.06. The highest BCUT2D eigenvalue weighted by Gasteiger charge is 2.29. The van der Waals surface area contributed by atoms with Crippen LogP contribution in [-0.4, -0.2) is 26.0 Å². The summed E-state index contributed by atoms with van der Waals surface area (Å²) in [6, 6.07) is 0. The molecule has 0 bridgehead atoms. The van der Waals surface area contributed by atoms with E-state index in [0.29, 0.717) is 11.5 Å². The molecule has 2 atom stereocenters. The van der Waals surface area contributed by atoms with Crippen molar-refractivity contribution in [1.29, 1.82) is 0 Å². The molecule has 1 aliphatic carbocycles. The van der Waals surface area contributed by atoms with Crippen LogP contribution in [0.15, 0.2) is 11.8 Å². The third-order valence-electron chi connectivity index (χ3n) is 4.11. The van der Waals surface area contributed by atoms with Crippen LogP contribution in [0, 0.1) is 5.92 Å². The van der Waals surface area contributed by atoms with Gasteiger partial charge < -0.3 is 4.74 Å². The lowest BCUT2D eigenvalue weighted by atomic mass is 9.96. The SMILES string of the molecule is CC(OC=C1CCCCC1)C1CCCS(=O)(=O)C1. The lowest BCUT2D eigenvalue weighted by molar-refractivity contribution is 0.102. The number of allylic oxidation sites excluding steroid dienone is 1. The van der Waals surface area contributed by atoms with Gasteiger partial charge in [0.25, 0.3) is 0 Å². The molecular formula is C14H24O3S. The van der Waals surface area contributed by atoms with E-state index in [4.69, 9.17) is 4.74 Å². The number of rotatable bonds is 3. The van der Waals surface area contributed by atoms with Crippen molar-refractivity contribution in [3.8, 4) is 0 Å². The maximum absolute atomic E-state index is 11.6. The predicted molar refractivity (Wildman–Crippen MR) is 73.1 cm³/mol. The second kappa shape index (κ2) is 6.09. The summed E-state index contributed by atoms with van der Waals surface area (Å²) in [5.41, 5.74) is 1.40. The Kier molecular flexibility index (Phi) is 4.71. The molecule has 4 heteroatoms. The van der Waals surface area contributed by atoms with E-state index in [-0.39, 0.29) is 12.0 Å². The molecular weight excluding hydrogens is 248 g/mol. The Labute approximate surface area is 111 Å². The summed E-state index contributed by atoms with van der Waals surface area (Å²) in [5.74, 6) is 0.832. The zero-order valence-electron chi connectivity index (χ0n) is 11.2. The van der Waals surface area contributed by atoms with Gasteiger partial charge in [-0.15, -0.1) is 0 Å². The largest absolute Gasteiger partial charge is 0.498 e. The van der Waals surface area contributed by atoms with Crippen LogP contribution < -0.4 is 0 Å². The van der Waals surface area contributed by atoms with Gasteiger partial charge in [0.1, 0.15) is 0 Å². The van der Waals surface area contributed by atoms with Crippen molar-refractivity contribution in [3.63, 3.8) is 0 Å². The van der Waals surface area contributed by atoms with Gasteiger partial charge in [-0.05, 0) is 51.0 Å². The van der Waals surface area contributed by atoms with Crippen LogP contribution in [-0.2, 0) is 14.6 Å². The van der Waals surface area contributed by atoms with Crippen molar-refractivity contribution in [1.82, 2.24) is 0 Å². The highest BCUT2D eigenvalue weighted by atomic mass is 32.2. The molecule has 2 fully saturated rings.